The van der Waals surface area contributed by atoms with Crippen molar-refractivity contribution in [3.8, 4) is 17.2 Å². The zero-order valence-electron chi connectivity index (χ0n) is 10.2. The van der Waals surface area contributed by atoms with Crippen LogP contribution in [0.15, 0.2) is 22.7 Å². The van der Waals surface area contributed by atoms with Gasteiger partial charge in [0, 0.05) is 11.5 Å². The van der Waals surface area contributed by atoms with Gasteiger partial charge in [0.25, 0.3) is 0 Å². The number of hydrogen-bond acceptors (Lipinski definition) is 3. The van der Waals surface area contributed by atoms with Gasteiger partial charge in [0.2, 0.25) is 0 Å². The molecule has 0 unspecified atom stereocenters. The molecule has 96 valence electrons. The van der Waals surface area contributed by atoms with Crippen LogP contribution in [0.2, 0.25) is 5.02 Å². The van der Waals surface area contributed by atoms with Crippen LogP contribution < -0.4 is 14.2 Å². The first kappa shape index (κ1) is 13.3. The summed E-state index contributed by atoms with van der Waals surface area (Å²) in [5, 5.41) is 2.16. The average Bonchev–Trinajstić information content (AvgIpc) is 2.37. The van der Waals surface area contributed by atoms with Gasteiger partial charge in [-0.25, -0.2) is 0 Å². The lowest BCUT2D eigenvalue weighted by atomic mass is 10.1. The molecule has 0 fully saturated rings. The Bertz CT molecular complexity index is 588. The number of halogens is 2. The quantitative estimate of drug-likeness (QED) is 0.840. The zero-order valence-corrected chi connectivity index (χ0v) is 12.6. The van der Waals surface area contributed by atoms with Crippen molar-refractivity contribution < 1.29 is 14.2 Å². The van der Waals surface area contributed by atoms with Gasteiger partial charge in [-0.1, -0.05) is 11.6 Å². The van der Waals surface area contributed by atoms with Crippen LogP contribution in [0.4, 0.5) is 0 Å². The van der Waals surface area contributed by atoms with E-state index in [-0.39, 0.29) is 0 Å². The molecule has 0 aliphatic carbocycles. The van der Waals surface area contributed by atoms with E-state index in [4.69, 9.17) is 25.8 Å². The van der Waals surface area contributed by atoms with Crippen LogP contribution in [0.1, 0.15) is 0 Å². The van der Waals surface area contributed by atoms with Crippen molar-refractivity contribution in [2.75, 3.05) is 21.3 Å². The largest absolute Gasteiger partial charge is 0.496 e. The SMILES string of the molecule is COc1cc(Cl)c(OC)c2c(OC)c(Br)ccc12. The first-order valence-electron chi connectivity index (χ1n) is 5.20. The maximum atomic E-state index is 6.19. The van der Waals surface area contributed by atoms with E-state index in [1.54, 1.807) is 27.4 Å². The van der Waals surface area contributed by atoms with Crippen LogP contribution in [-0.4, -0.2) is 21.3 Å². The summed E-state index contributed by atoms with van der Waals surface area (Å²) in [6, 6.07) is 5.56. The van der Waals surface area contributed by atoms with Crippen molar-refractivity contribution in [1.82, 2.24) is 0 Å². The fraction of sp³-hybridized carbons (Fsp3) is 0.231. The van der Waals surface area contributed by atoms with Crippen molar-refractivity contribution in [1.29, 1.82) is 0 Å². The topological polar surface area (TPSA) is 27.7 Å². The number of fused-ring (bicyclic) bond motifs is 1. The molecule has 5 heteroatoms. The molecule has 0 heterocycles. The van der Waals surface area contributed by atoms with Crippen LogP contribution in [0.5, 0.6) is 17.2 Å². The van der Waals surface area contributed by atoms with E-state index < -0.39 is 0 Å². The Hall–Kier alpha value is -1.13. The molecule has 0 N–H and O–H groups in total. The summed E-state index contributed by atoms with van der Waals surface area (Å²) in [5.41, 5.74) is 0. The van der Waals surface area contributed by atoms with Gasteiger partial charge in [-0.05, 0) is 28.1 Å². The van der Waals surface area contributed by atoms with Crippen molar-refractivity contribution in [2.45, 2.75) is 0 Å². The van der Waals surface area contributed by atoms with E-state index in [1.807, 2.05) is 12.1 Å². The summed E-state index contributed by atoms with van der Waals surface area (Å²) in [4.78, 5) is 0. The molecule has 0 aliphatic rings. The average molecular weight is 332 g/mol. The molecule has 3 nitrogen and oxygen atoms in total. The van der Waals surface area contributed by atoms with Gasteiger partial charge in [-0.15, -0.1) is 0 Å². The van der Waals surface area contributed by atoms with Gasteiger partial charge in [-0.3, -0.25) is 0 Å². The van der Waals surface area contributed by atoms with Crippen LogP contribution in [0.3, 0.4) is 0 Å². The summed E-state index contributed by atoms with van der Waals surface area (Å²) < 4.78 is 17.0. The Labute approximate surface area is 119 Å². The van der Waals surface area contributed by atoms with E-state index in [9.17, 15) is 0 Å². The second-order valence-electron chi connectivity index (χ2n) is 3.60. The molecule has 0 bridgehead atoms. The van der Waals surface area contributed by atoms with Gasteiger partial charge in [0.05, 0.1) is 36.2 Å². The van der Waals surface area contributed by atoms with E-state index >= 15 is 0 Å². The maximum absolute atomic E-state index is 6.19. The number of rotatable bonds is 3. The summed E-state index contributed by atoms with van der Waals surface area (Å²) in [6.07, 6.45) is 0. The summed E-state index contributed by atoms with van der Waals surface area (Å²) in [7, 11) is 4.78. The molecule has 0 saturated carbocycles. The van der Waals surface area contributed by atoms with Crippen LogP contribution in [0, 0.1) is 0 Å². The Balaban J connectivity index is 2.98. The predicted molar refractivity (Wildman–Crippen MR) is 76.3 cm³/mol. The lowest BCUT2D eigenvalue weighted by molar-refractivity contribution is 0.399. The molecular weight excluding hydrogens is 319 g/mol. The van der Waals surface area contributed by atoms with E-state index in [1.165, 1.54) is 0 Å². The maximum Gasteiger partial charge on any atom is 0.149 e. The number of benzene rings is 2. The smallest absolute Gasteiger partial charge is 0.149 e. The Morgan fingerprint density at radius 3 is 2.22 bits per heavy atom. The van der Waals surface area contributed by atoms with Crippen LogP contribution in [-0.2, 0) is 0 Å². The Morgan fingerprint density at radius 1 is 1.00 bits per heavy atom. The van der Waals surface area contributed by atoms with Crippen molar-refractivity contribution in [2.24, 2.45) is 0 Å². The minimum Gasteiger partial charge on any atom is -0.496 e. The molecule has 0 aromatic heterocycles. The van der Waals surface area contributed by atoms with Gasteiger partial charge in [-0.2, -0.15) is 0 Å². The molecule has 0 aliphatic heterocycles. The number of ether oxygens (including phenoxy) is 3. The lowest BCUT2D eigenvalue weighted by Gasteiger charge is -2.15. The van der Waals surface area contributed by atoms with Gasteiger partial charge in [0.1, 0.15) is 17.2 Å². The molecule has 0 radical (unpaired) electrons. The third kappa shape index (κ3) is 1.99. The lowest BCUT2D eigenvalue weighted by Crippen LogP contribution is -1.94. The predicted octanol–water partition coefficient (Wildman–Crippen LogP) is 4.28. The molecule has 0 atom stereocenters. The van der Waals surface area contributed by atoms with E-state index in [0.717, 1.165) is 15.2 Å². The molecule has 0 amide bonds. The standard InChI is InChI=1S/C13H12BrClO3/c1-16-10-6-9(15)13(18-3)11-7(10)4-5-8(14)12(11)17-2/h4-6H,1-3H3. The second-order valence-corrected chi connectivity index (χ2v) is 4.86. The van der Waals surface area contributed by atoms with Crippen molar-refractivity contribution in [3.05, 3.63) is 27.7 Å². The van der Waals surface area contributed by atoms with Gasteiger partial charge < -0.3 is 14.2 Å². The van der Waals surface area contributed by atoms with Gasteiger partial charge >= 0.3 is 0 Å². The zero-order chi connectivity index (χ0) is 13.3. The third-order valence-corrected chi connectivity index (χ3v) is 3.61. The summed E-state index contributed by atoms with van der Waals surface area (Å²) in [5.74, 6) is 1.93. The molecule has 18 heavy (non-hydrogen) atoms. The molecule has 2 aromatic carbocycles. The minimum absolute atomic E-state index is 0.484. The van der Waals surface area contributed by atoms with Crippen LogP contribution in [0.25, 0.3) is 10.8 Å². The molecule has 0 saturated heterocycles. The van der Waals surface area contributed by atoms with E-state index in [0.29, 0.717) is 22.3 Å². The molecular formula is C13H12BrClO3. The first-order chi connectivity index (χ1) is 8.63. The Kier molecular flexibility index (Phi) is 3.88. The van der Waals surface area contributed by atoms with Crippen molar-refractivity contribution >= 4 is 38.3 Å². The fourth-order valence-corrected chi connectivity index (χ4v) is 2.70. The highest BCUT2D eigenvalue weighted by Gasteiger charge is 2.18. The third-order valence-electron chi connectivity index (χ3n) is 2.71. The molecule has 0 spiro atoms. The van der Waals surface area contributed by atoms with Crippen molar-refractivity contribution in [3.63, 3.8) is 0 Å². The van der Waals surface area contributed by atoms with Gasteiger partial charge in [0.15, 0.2) is 0 Å². The molecule has 2 rings (SSSR count). The first-order valence-corrected chi connectivity index (χ1v) is 6.37. The highest BCUT2D eigenvalue weighted by atomic mass is 79.9. The fourth-order valence-electron chi connectivity index (χ4n) is 1.93. The normalized spacial score (nSPS) is 10.5. The minimum atomic E-state index is 0.484. The summed E-state index contributed by atoms with van der Waals surface area (Å²) >= 11 is 9.64. The monoisotopic (exact) mass is 330 g/mol. The highest BCUT2D eigenvalue weighted by Crippen LogP contribution is 2.46. The van der Waals surface area contributed by atoms with E-state index in [2.05, 4.69) is 15.9 Å². The van der Waals surface area contributed by atoms with Crippen LogP contribution >= 0.6 is 27.5 Å². The molecule has 2 aromatic rings. The summed E-state index contributed by atoms with van der Waals surface area (Å²) in [6.45, 7) is 0. The second kappa shape index (κ2) is 5.24. The highest BCUT2D eigenvalue weighted by molar-refractivity contribution is 9.10. The number of hydrogen-bond donors (Lipinski definition) is 0. The number of methoxy groups -OCH3 is 3. The Morgan fingerprint density at radius 2 is 1.67 bits per heavy atom.